The molecule has 1 aromatic heterocycles. The van der Waals surface area contributed by atoms with Crippen molar-refractivity contribution in [2.24, 2.45) is 5.41 Å². The summed E-state index contributed by atoms with van der Waals surface area (Å²) >= 11 is 3.38. The standard InChI is InChI=1S/C26H37BrN4O4/c1-7-13-30(6)17-26-12-11-20(26)31(24(33)35-25(3,4)5)19(15-26)23(32)29-22-18(16-34-14-8-2)9-10-21(27)28-22/h7-10,19-20H,1-2,11-17H2,3-6H3,(H,28,29,32)/t19-,20+,26+/m0/s1. The predicted molar refractivity (Wildman–Crippen MR) is 140 cm³/mol. The van der Waals surface area contributed by atoms with Crippen molar-refractivity contribution in [3.05, 3.63) is 47.6 Å². The van der Waals surface area contributed by atoms with Gasteiger partial charge >= 0.3 is 6.09 Å². The smallest absolute Gasteiger partial charge is 0.411 e. The molecule has 8 nitrogen and oxygen atoms in total. The van der Waals surface area contributed by atoms with E-state index in [0.29, 0.717) is 23.4 Å². The molecular weight excluding hydrogens is 512 g/mol. The Morgan fingerprint density at radius 3 is 2.69 bits per heavy atom. The number of anilines is 1. The Bertz CT molecular complexity index is 963. The molecule has 1 saturated carbocycles. The second kappa shape index (κ2) is 11.2. The average molecular weight is 550 g/mol. The molecule has 1 aliphatic carbocycles. The molecule has 0 radical (unpaired) electrons. The molecule has 0 bridgehead atoms. The molecule has 1 N–H and O–H groups in total. The van der Waals surface area contributed by atoms with Crippen molar-refractivity contribution in [2.45, 2.75) is 64.3 Å². The molecule has 1 aliphatic heterocycles. The summed E-state index contributed by atoms with van der Waals surface area (Å²) in [7, 11) is 2.04. The van der Waals surface area contributed by atoms with Crippen molar-refractivity contribution in [2.75, 3.05) is 32.1 Å². The number of nitrogens with zero attached hydrogens (tertiary/aromatic N) is 3. The predicted octanol–water partition coefficient (Wildman–Crippen LogP) is 4.76. The first-order valence-electron chi connectivity index (χ1n) is 12.0. The van der Waals surface area contributed by atoms with E-state index in [-0.39, 0.29) is 24.0 Å². The summed E-state index contributed by atoms with van der Waals surface area (Å²) in [4.78, 5) is 35.3. The molecule has 2 aliphatic rings. The van der Waals surface area contributed by atoms with Crippen LogP contribution in [0.3, 0.4) is 0 Å². The van der Waals surface area contributed by atoms with Crippen LogP contribution in [-0.2, 0) is 20.9 Å². The number of hydrogen-bond donors (Lipinski definition) is 1. The fourth-order valence-corrected chi connectivity index (χ4v) is 5.36. The lowest BCUT2D eigenvalue weighted by molar-refractivity contribution is -0.120. The molecule has 3 atom stereocenters. The van der Waals surface area contributed by atoms with Gasteiger partial charge in [0.15, 0.2) is 0 Å². The van der Waals surface area contributed by atoms with Gasteiger partial charge in [0.1, 0.15) is 22.1 Å². The summed E-state index contributed by atoms with van der Waals surface area (Å²) in [6.45, 7) is 15.2. The maximum Gasteiger partial charge on any atom is 0.411 e. The summed E-state index contributed by atoms with van der Waals surface area (Å²) in [5.41, 5.74) is -0.0699. The van der Waals surface area contributed by atoms with Gasteiger partial charge in [-0.2, -0.15) is 0 Å². The normalized spacial score (nSPS) is 23.4. The number of likely N-dealkylation sites (N-methyl/N-ethyl adjacent to an activating group) is 1. The number of halogens is 1. The van der Waals surface area contributed by atoms with Crippen LogP contribution < -0.4 is 5.32 Å². The third-order valence-electron chi connectivity index (χ3n) is 6.51. The molecule has 1 saturated heterocycles. The van der Waals surface area contributed by atoms with Gasteiger partial charge in [-0.1, -0.05) is 18.2 Å². The molecule has 0 aromatic carbocycles. The van der Waals surface area contributed by atoms with E-state index in [1.807, 2.05) is 40.0 Å². The van der Waals surface area contributed by atoms with Crippen LogP contribution in [-0.4, -0.2) is 71.2 Å². The molecule has 0 unspecified atom stereocenters. The van der Waals surface area contributed by atoms with Crippen LogP contribution in [0.2, 0.25) is 0 Å². The molecule has 35 heavy (non-hydrogen) atoms. The van der Waals surface area contributed by atoms with Crippen LogP contribution in [0, 0.1) is 5.41 Å². The zero-order chi connectivity index (χ0) is 25.8. The van der Waals surface area contributed by atoms with Crippen LogP contribution >= 0.6 is 15.9 Å². The first-order valence-corrected chi connectivity index (χ1v) is 12.7. The highest BCUT2D eigenvalue weighted by Gasteiger charge is 2.61. The zero-order valence-electron chi connectivity index (χ0n) is 21.2. The van der Waals surface area contributed by atoms with E-state index in [1.165, 1.54) is 0 Å². The molecule has 2 heterocycles. The second-order valence-corrected chi connectivity index (χ2v) is 11.3. The van der Waals surface area contributed by atoms with Gasteiger partial charge in [-0.15, -0.1) is 13.2 Å². The number of nitrogens with one attached hydrogen (secondary N) is 1. The van der Waals surface area contributed by atoms with Gasteiger partial charge in [-0.3, -0.25) is 9.69 Å². The van der Waals surface area contributed by atoms with Gasteiger partial charge in [0.05, 0.1) is 13.2 Å². The Balaban J connectivity index is 1.87. The summed E-state index contributed by atoms with van der Waals surface area (Å²) < 4.78 is 11.9. The van der Waals surface area contributed by atoms with E-state index in [2.05, 4.69) is 44.3 Å². The van der Waals surface area contributed by atoms with E-state index in [9.17, 15) is 9.59 Å². The summed E-state index contributed by atoms with van der Waals surface area (Å²) in [6.07, 6.45) is 5.45. The molecular formula is C26H37BrN4O4. The van der Waals surface area contributed by atoms with Gasteiger partial charge in [-0.05, 0) is 69.1 Å². The highest BCUT2D eigenvalue weighted by Crippen LogP contribution is 2.55. The molecule has 2 fully saturated rings. The molecule has 3 rings (SSSR count). The molecule has 192 valence electrons. The SMILES string of the molecule is C=CCOCc1ccc(Br)nc1NC(=O)[C@@H]1C[C@@]2(CN(C)CC=C)CC[C@H]2N1C(=O)OC(C)(C)C. The third-order valence-corrected chi connectivity index (χ3v) is 6.95. The van der Waals surface area contributed by atoms with Gasteiger partial charge < -0.3 is 19.7 Å². The first kappa shape index (κ1) is 27.4. The molecule has 0 spiro atoms. The van der Waals surface area contributed by atoms with E-state index < -0.39 is 17.7 Å². The average Bonchev–Trinajstić information content (AvgIpc) is 2.96. The Labute approximate surface area is 216 Å². The third kappa shape index (κ3) is 6.51. The van der Waals surface area contributed by atoms with Crippen molar-refractivity contribution >= 4 is 33.7 Å². The number of hydrogen-bond acceptors (Lipinski definition) is 6. The Kier molecular flexibility index (Phi) is 8.77. The maximum atomic E-state index is 13.7. The first-order chi connectivity index (χ1) is 16.5. The lowest BCUT2D eigenvalue weighted by atomic mass is 9.64. The van der Waals surface area contributed by atoms with Gasteiger partial charge in [0, 0.05) is 30.1 Å². The summed E-state index contributed by atoms with van der Waals surface area (Å²) in [5, 5.41) is 2.97. The number of aromatic nitrogens is 1. The van der Waals surface area contributed by atoms with Crippen molar-refractivity contribution < 1.29 is 19.1 Å². The highest BCUT2D eigenvalue weighted by atomic mass is 79.9. The van der Waals surface area contributed by atoms with Gasteiger partial charge in [-0.25, -0.2) is 9.78 Å². The monoisotopic (exact) mass is 548 g/mol. The van der Waals surface area contributed by atoms with E-state index in [4.69, 9.17) is 9.47 Å². The Morgan fingerprint density at radius 1 is 1.34 bits per heavy atom. The number of pyridine rings is 1. The number of carbonyl (C=O) groups is 2. The van der Waals surface area contributed by atoms with Crippen LogP contribution in [0.4, 0.5) is 10.6 Å². The summed E-state index contributed by atoms with van der Waals surface area (Å²) in [5.74, 6) is 0.140. The Hall–Kier alpha value is -2.23. The highest BCUT2D eigenvalue weighted by molar-refractivity contribution is 9.10. The van der Waals surface area contributed by atoms with Crippen molar-refractivity contribution in [3.8, 4) is 0 Å². The van der Waals surface area contributed by atoms with Crippen LogP contribution in [0.5, 0.6) is 0 Å². The fraction of sp³-hybridized carbons (Fsp3) is 0.577. The van der Waals surface area contributed by atoms with E-state index in [0.717, 1.165) is 31.5 Å². The Morgan fingerprint density at radius 2 is 2.09 bits per heavy atom. The van der Waals surface area contributed by atoms with Crippen LogP contribution in [0.25, 0.3) is 0 Å². The van der Waals surface area contributed by atoms with Crippen LogP contribution in [0.15, 0.2) is 42.0 Å². The van der Waals surface area contributed by atoms with Gasteiger partial charge in [0.2, 0.25) is 5.91 Å². The summed E-state index contributed by atoms with van der Waals surface area (Å²) in [6, 6.07) is 2.95. The second-order valence-electron chi connectivity index (χ2n) is 10.4. The lowest BCUT2D eigenvalue weighted by Gasteiger charge is -2.48. The quantitative estimate of drug-likeness (QED) is 0.258. The van der Waals surface area contributed by atoms with Crippen molar-refractivity contribution in [3.63, 3.8) is 0 Å². The molecule has 1 aromatic rings. The topological polar surface area (TPSA) is 84.0 Å². The fourth-order valence-electron chi connectivity index (χ4n) is 5.06. The minimum absolute atomic E-state index is 0.0498. The van der Waals surface area contributed by atoms with E-state index in [1.54, 1.807) is 17.0 Å². The number of likely N-dealkylation sites (tertiary alicyclic amines) is 1. The number of fused-ring (bicyclic) bond motifs is 1. The van der Waals surface area contributed by atoms with E-state index >= 15 is 0 Å². The number of ether oxygens (including phenoxy) is 2. The van der Waals surface area contributed by atoms with Crippen molar-refractivity contribution in [1.29, 1.82) is 0 Å². The van der Waals surface area contributed by atoms with Crippen molar-refractivity contribution in [1.82, 2.24) is 14.8 Å². The number of rotatable bonds is 10. The number of amides is 2. The maximum absolute atomic E-state index is 13.7. The zero-order valence-corrected chi connectivity index (χ0v) is 22.8. The molecule has 9 heteroatoms. The minimum atomic E-state index is -0.658. The molecule has 2 amide bonds. The number of carbonyl (C=O) groups excluding carboxylic acids is 2. The lowest BCUT2D eigenvalue weighted by Crippen LogP contribution is -2.56. The largest absolute Gasteiger partial charge is 0.444 e. The van der Waals surface area contributed by atoms with Gasteiger partial charge in [0.25, 0.3) is 0 Å². The van der Waals surface area contributed by atoms with Crippen LogP contribution in [0.1, 0.15) is 45.6 Å². The minimum Gasteiger partial charge on any atom is -0.444 e.